The zero-order valence-corrected chi connectivity index (χ0v) is 18.5. The summed E-state index contributed by atoms with van der Waals surface area (Å²) >= 11 is 0. The first-order valence-corrected chi connectivity index (χ1v) is 10.6. The SMILES string of the molecule is CC(C)C[C@H](CCC(=O)O)NC(=O)c1ccc(NCc2cnc3[nH]c(N)nc(=O)c3n2)cc1. The Morgan fingerprint density at radius 1 is 1.18 bits per heavy atom. The molecular weight excluding hydrogens is 426 g/mol. The Labute approximate surface area is 189 Å². The first-order valence-electron chi connectivity index (χ1n) is 10.6. The Kier molecular flexibility index (Phi) is 7.54. The van der Waals surface area contributed by atoms with Gasteiger partial charge in [0.2, 0.25) is 5.95 Å². The molecule has 2 heterocycles. The Hall–Kier alpha value is -4.02. The van der Waals surface area contributed by atoms with E-state index in [1.807, 2.05) is 13.8 Å². The Morgan fingerprint density at radius 3 is 2.58 bits per heavy atom. The second kappa shape index (κ2) is 10.5. The van der Waals surface area contributed by atoms with Gasteiger partial charge in [-0.2, -0.15) is 4.98 Å². The van der Waals surface area contributed by atoms with Gasteiger partial charge in [0.25, 0.3) is 5.91 Å². The normalized spacial score (nSPS) is 12.0. The zero-order valence-electron chi connectivity index (χ0n) is 18.5. The molecule has 3 rings (SSSR count). The van der Waals surface area contributed by atoms with Crippen molar-refractivity contribution in [3.8, 4) is 0 Å². The predicted molar refractivity (Wildman–Crippen MR) is 124 cm³/mol. The van der Waals surface area contributed by atoms with Gasteiger partial charge >= 0.3 is 11.5 Å². The third-order valence-corrected chi connectivity index (χ3v) is 4.91. The number of hydrogen-bond acceptors (Lipinski definition) is 8. The number of rotatable bonds is 10. The van der Waals surface area contributed by atoms with Crippen LogP contribution in [0.5, 0.6) is 0 Å². The quantitative estimate of drug-likeness (QED) is 0.307. The number of carboxylic acid groups (broad SMARTS) is 1. The van der Waals surface area contributed by atoms with E-state index in [4.69, 9.17) is 10.8 Å². The van der Waals surface area contributed by atoms with Crippen LogP contribution in [-0.2, 0) is 11.3 Å². The van der Waals surface area contributed by atoms with Crippen LogP contribution in [0.3, 0.4) is 0 Å². The number of carboxylic acids is 1. The Balaban J connectivity index is 1.61. The van der Waals surface area contributed by atoms with Crippen LogP contribution in [0.4, 0.5) is 11.6 Å². The van der Waals surface area contributed by atoms with Gasteiger partial charge in [-0.1, -0.05) is 13.8 Å². The number of carbonyl (C=O) groups excluding carboxylic acids is 1. The van der Waals surface area contributed by atoms with Crippen LogP contribution in [0.2, 0.25) is 0 Å². The average molecular weight is 454 g/mol. The number of nitrogens with one attached hydrogen (secondary N) is 3. The third kappa shape index (κ3) is 6.73. The second-order valence-electron chi connectivity index (χ2n) is 8.15. The molecule has 6 N–H and O–H groups in total. The lowest BCUT2D eigenvalue weighted by Gasteiger charge is -2.20. The van der Waals surface area contributed by atoms with Gasteiger partial charge in [0, 0.05) is 23.7 Å². The van der Waals surface area contributed by atoms with Crippen molar-refractivity contribution in [3.05, 3.63) is 52.1 Å². The van der Waals surface area contributed by atoms with E-state index >= 15 is 0 Å². The highest BCUT2D eigenvalue weighted by atomic mass is 16.4. The number of aliphatic carboxylic acids is 1. The second-order valence-corrected chi connectivity index (χ2v) is 8.15. The molecular formula is C22H27N7O4. The molecule has 0 radical (unpaired) electrons. The largest absolute Gasteiger partial charge is 0.481 e. The fourth-order valence-electron chi connectivity index (χ4n) is 3.38. The maximum absolute atomic E-state index is 12.6. The van der Waals surface area contributed by atoms with Crippen LogP contribution in [-0.4, -0.2) is 43.0 Å². The number of nitrogens with zero attached hydrogens (tertiary/aromatic N) is 3. The molecule has 11 nitrogen and oxygen atoms in total. The number of fused-ring (bicyclic) bond motifs is 1. The number of anilines is 2. The molecule has 0 bridgehead atoms. The van der Waals surface area contributed by atoms with Crippen molar-refractivity contribution in [1.82, 2.24) is 25.3 Å². The minimum Gasteiger partial charge on any atom is -0.481 e. The molecule has 3 aromatic rings. The lowest BCUT2D eigenvalue weighted by atomic mass is 9.99. The van der Waals surface area contributed by atoms with Crippen molar-refractivity contribution in [2.24, 2.45) is 5.92 Å². The van der Waals surface area contributed by atoms with Crippen molar-refractivity contribution in [3.63, 3.8) is 0 Å². The zero-order chi connectivity index (χ0) is 24.0. The summed E-state index contributed by atoms with van der Waals surface area (Å²) in [5.41, 5.74) is 7.10. The molecule has 0 aliphatic heterocycles. The van der Waals surface area contributed by atoms with Crippen LogP contribution in [0.1, 0.15) is 49.2 Å². The molecule has 1 atom stereocenters. The number of benzene rings is 1. The van der Waals surface area contributed by atoms with Gasteiger partial charge in [-0.05, 0) is 43.0 Å². The minimum absolute atomic E-state index is 0.00745. The molecule has 0 unspecified atom stereocenters. The van der Waals surface area contributed by atoms with Crippen molar-refractivity contribution < 1.29 is 14.7 Å². The molecule has 1 aromatic carbocycles. The average Bonchev–Trinajstić information content (AvgIpc) is 2.76. The van der Waals surface area contributed by atoms with Crippen LogP contribution in [0.15, 0.2) is 35.3 Å². The highest BCUT2D eigenvalue weighted by Gasteiger charge is 2.16. The fraction of sp³-hybridized carbons (Fsp3) is 0.364. The van der Waals surface area contributed by atoms with E-state index in [9.17, 15) is 14.4 Å². The van der Waals surface area contributed by atoms with Gasteiger partial charge in [-0.15, -0.1) is 0 Å². The summed E-state index contributed by atoms with van der Waals surface area (Å²) in [7, 11) is 0. The molecule has 11 heteroatoms. The molecule has 0 aliphatic carbocycles. The lowest BCUT2D eigenvalue weighted by molar-refractivity contribution is -0.137. The van der Waals surface area contributed by atoms with Gasteiger partial charge in [-0.3, -0.25) is 14.4 Å². The molecule has 1 amide bonds. The molecule has 174 valence electrons. The van der Waals surface area contributed by atoms with Gasteiger partial charge in [0.1, 0.15) is 0 Å². The summed E-state index contributed by atoms with van der Waals surface area (Å²) in [5.74, 6) is -0.815. The van der Waals surface area contributed by atoms with Gasteiger partial charge < -0.3 is 26.5 Å². The summed E-state index contributed by atoms with van der Waals surface area (Å²) in [5, 5.41) is 15.0. The van der Waals surface area contributed by atoms with E-state index in [-0.39, 0.29) is 35.5 Å². The lowest BCUT2D eigenvalue weighted by Crippen LogP contribution is -2.36. The van der Waals surface area contributed by atoms with E-state index in [0.717, 1.165) is 5.69 Å². The molecule has 2 aromatic heterocycles. The van der Waals surface area contributed by atoms with Gasteiger partial charge in [0.05, 0.1) is 18.4 Å². The van der Waals surface area contributed by atoms with Crippen LogP contribution in [0.25, 0.3) is 11.2 Å². The molecule has 0 saturated heterocycles. The Bertz CT molecular complexity index is 1190. The molecule has 0 spiro atoms. The third-order valence-electron chi connectivity index (χ3n) is 4.91. The number of H-pyrrole nitrogens is 1. The smallest absolute Gasteiger partial charge is 0.303 e. The Morgan fingerprint density at radius 2 is 1.91 bits per heavy atom. The number of hydrogen-bond donors (Lipinski definition) is 5. The maximum atomic E-state index is 12.6. The van der Waals surface area contributed by atoms with Crippen molar-refractivity contribution in [2.45, 2.75) is 45.7 Å². The van der Waals surface area contributed by atoms with E-state index in [1.54, 1.807) is 24.3 Å². The number of carbonyl (C=O) groups is 2. The highest BCUT2D eigenvalue weighted by Crippen LogP contribution is 2.14. The van der Waals surface area contributed by atoms with E-state index in [0.29, 0.717) is 36.6 Å². The standard InChI is InChI=1S/C22H27N7O4/c1-12(2)9-15(7-8-17(30)31)27-20(32)13-3-5-14(6-4-13)24-10-16-11-25-19-18(26-16)21(33)29-22(23)28-19/h3-6,11-12,15,24H,7-10H2,1-2H3,(H,27,32)(H,30,31)(H3,23,25,28,29,33)/t15-/m0/s1. The molecule has 0 saturated carbocycles. The fourth-order valence-corrected chi connectivity index (χ4v) is 3.38. The van der Waals surface area contributed by atoms with Crippen molar-refractivity contribution in [2.75, 3.05) is 11.1 Å². The molecule has 0 fully saturated rings. The van der Waals surface area contributed by atoms with Crippen molar-refractivity contribution >= 4 is 34.7 Å². The number of nitrogen functional groups attached to an aromatic ring is 1. The summed E-state index contributed by atoms with van der Waals surface area (Å²) in [6.07, 6.45) is 2.62. The number of amides is 1. The first kappa shape index (κ1) is 23.6. The monoisotopic (exact) mass is 453 g/mol. The summed E-state index contributed by atoms with van der Waals surface area (Å²) in [6, 6.07) is 6.68. The van der Waals surface area contributed by atoms with E-state index in [2.05, 4.69) is 30.6 Å². The molecule has 33 heavy (non-hydrogen) atoms. The van der Waals surface area contributed by atoms with Crippen molar-refractivity contribution in [1.29, 1.82) is 0 Å². The van der Waals surface area contributed by atoms with Crippen LogP contribution < -0.4 is 21.9 Å². The predicted octanol–water partition coefficient (Wildman–Crippen LogP) is 1.92. The van der Waals surface area contributed by atoms with Crippen LogP contribution in [0, 0.1) is 5.92 Å². The summed E-state index contributed by atoms with van der Waals surface area (Å²) in [6.45, 7) is 4.37. The van der Waals surface area contributed by atoms with E-state index in [1.165, 1.54) is 6.20 Å². The number of aromatic nitrogens is 4. The number of aromatic amines is 1. The van der Waals surface area contributed by atoms with Gasteiger partial charge in [0.15, 0.2) is 11.2 Å². The summed E-state index contributed by atoms with van der Waals surface area (Å²) < 4.78 is 0. The molecule has 0 aliphatic rings. The number of nitrogens with two attached hydrogens (primary N) is 1. The van der Waals surface area contributed by atoms with E-state index < -0.39 is 11.5 Å². The highest BCUT2D eigenvalue weighted by molar-refractivity contribution is 5.94. The maximum Gasteiger partial charge on any atom is 0.303 e. The van der Waals surface area contributed by atoms with Crippen LogP contribution >= 0.6 is 0 Å². The first-order chi connectivity index (χ1) is 15.7. The summed E-state index contributed by atoms with van der Waals surface area (Å²) in [4.78, 5) is 50.2. The topological polar surface area (TPSA) is 176 Å². The minimum atomic E-state index is -0.880. The van der Waals surface area contributed by atoms with Gasteiger partial charge in [-0.25, -0.2) is 9.97 Å².